The number of nitrogens with zero attached hydrogens (tertiary/aromatic N) is 1. The van der Waals surface area contributed by atoms with Gasteiger partial charge in [0.25, 0.3) is 5.91 Å². The highest BCUT2D eigenvalue weighted by molar-refractivity contribution is 7.89. The topological polar surface area (TPSA) is 124 Å². The molecule has 2 amide bonds. The zero-order valence-corrected chi connectivity index (χ0v) is 23.3. The molecule has 1 atom stereocenters. The molecule has 39 heavy (non-hydrogen) atoms. The van der Waals surface area contributed by atoms with Crippen molar-refractivity contribution in [1.29, 1.82) is 0 Å². The van der Waals surface area contributed by atoms with Gasteiger partial charge in [-0.1, -0.05) is 80.6 Å². The van der Waals surface area contributed by atoms with E-state index in [4.69, 9.17) is 0 Å². The van der Waals surface area contributed by atoms with Crippen LogP contribution in [0.2, 0.25) is 0 Å². The van der Waals surface area contributed by atoms with E-state index in [1.165, 1.54) is 4.90 Å². The Bertz CT molecular complexity index is 1370. The predicted octanol–water partition coefficient (Wildman–Crippen LogP) is 4.89. The first-order chi connectivity index (χ1) is 18.4. The summed E-state index contributed by atoms with van der Waals surface area (Å²) in [6.07, 6.45) is 0.912. The van der Waals surface area contributed by atoms with Crippen LogP contribution >= 0.6 is 0 Å². The first-order valence-electron chi connectivity index (χ1n) is 12.9. The summed E-state index contributed by atoms with van der Waals surface area (Å²) < 4.78 is 25.1. The van der Waals surface area contributed by atoms with Gasteiger partial charge in [0.15, 0.2) is 0 Å². The van der Waals surface area contributed by atoms with Crippen LogP contribution in [0.1, 0.15) is 53.4 Å². The van der Waals surface area contributed by atoms with Crippen LogP contribution in [-0.2, 0) is 22.9 Å². The Balaban J connectivity index is 1.65. The number of benzene rings is 3. The molecule has 0 saturated carbocycles. The van der Waals surface area contributed by atoms with E-state index in [0.717, 1.165) is 28.5 Å². The third-order valence-corrected chi connectivity index (χ3v) is 6.84. The van der Waals surface area contributed by atoms with Crippen LogP contribution in [0, 0.1) is 5.92 Å². The lowest BCUT2D eigenvalue weighted by molar-refractivity contribution is 0.0962. The van der Waals surface area contributed by atoms with Crippen LogP contribution in [0.5, 0.6) is 0 Å². The molecule has 0 radical (unpaired) electrons. The molecule has 0 saturated heterocycles. The second kappa shape index (κ2) is 13.4. The molecule has 0 unspecified atom stereocenters. The van der Waals surface area contributed by atoms with Gasteiger partial charge in [0.05, 0.1) is 18.9 Å². The van der Waals surface area contributed by atoms with Gasteiger partial charge in [-0.2, -0.15) is 0 Å². The highest BCUT2D eigenvalue weighted by atomic mass is 32.2. The predicted molar refractivity (Wildman–Crippen MR) is 152 cm³/mol. The summed E-state index contributed by atoms with van der Waals surface area (Å²) in [6, 6.07) is 22.3. The van der Waals surface area contributed by atoms with Gasteiger partial charge in [0.2, 0.25) is 10.0 Å². The zero-order valence-electron chi connectivity index (χ0n) is 22.5. The van der Waals surface area contributed by atoms with E-state index in [9.17, 15) is 28.2 Å². The van der Waals surface area contributed by atoms with Crippen LogP contribution in [0.3, 0.4) is 0 Å². The molecule has 208 valence electrons. The molecule has 3 aromatic rings. The van der Waals surface area contributed by atoms with Gasteiger partial charge in [0.1, 0.15) is 0 Å². The summed E-state index contributed by atoms with van der Waals surface area (Å²) in [7, 11) is -3.67. The minimum Gasteiger partial charge on any atom is -0.465 e. The normalized spacial score (nSPS) is 12.2. The fraction of sp³-hybridized carbons (Fsp3) is 0.333. The molecule has 0 bridgehead atoms. The quantitative estimate of drug-likeness (QED) is 0.294. The lowest BCUT2D eigenvalue weighted by Crippen LogP contribution is -2.34. The van der Waals surface area contributed by atoms with Crippen molar-refractivity contribution in [3.8, 4) is 11.1 Å². The molecule has 0 heterocycles. The van der Waals surface area contributed by atoms with Crippen molar-refractivity contribution in [2.45, 2.75) is 39.2 Å². The fourth-order valence-corrected chi connectivity index (χ4v) is 4.87. The minimum atomic E-state index is -3.67. The minimum absolute atomic E-state index is 0.00913. The van der Waals surface area contributed by atoms with Crippen LogP contribution in [0.15, 0.2) is 72.8 Å². The second-order valence-corrected chi connectivity index (χ2v) is 11.9. The Morgan fingerprint density at radius 2 is 1.59 bits per heavy atom. The molecule has 3 N–H and O–H groups in total. The average molecular weight is 553 g/mol. The molecular weight excluding hydrogens is 516 g/mol. The van der Waals surface area contributed by atoms with Gasteiger partial charge in [-0.05, 0) is 59.1 Å². The van der Waals surface area contributed by atoms with Gasteiger partial charge in [-0.3, -0.25) is 4.79 Å². The van der Waals surface area contributed by atoms with Crippen molar-refractivity contribution in [3.63, 3.8) is 0 Å². The van der Waals surface area contributed by atoms with Crippen molar-refractivity contribution >= 4 is 22.0 Å². The molecular formula is C30H36N2O6S. The van der Waals surface area contributed by atoms with Gasteiger partial charge >= 0.3 is 6.09 Å². The largest absolute Gasteiger partial charge is 0.465 e. The van der Waals surface area contributed by atoms with Crippen LogP contribution in [0.4, 0.5) is 4.79 Å². The van der Waals surface area contributed by atoms with Crippen LogP contribution in [0.25, 0.3) is 11.1 Å². The molecule has 0 aliphatic heterocycles. The summed E-state index contributed by atoms with van der Waals surface area (Å²) in [5, 5.41) is 20.0. The third-order valence-electron chi connectivity index (χ3n) is 6.29. The summed E-state index contributed by atoms with van der Waals surface area (Å²) in [5.41, 5.74) is 4.73. The lowest BCUT2D eigenvalue weighted by atomic mass is 9.93. The maximum Gasteiger partial charge on any atom is 0.407 e. The van der Waals surface area contributed by atoms with Gasteiger partial charge < -0.3 is 15.1 Å². The van der Waals surface area contributed by atoms with Crippen LogP contribution < -0.4 is 4.72 Å². The number of hydrogen-bond donors (Lipinski definition) is 3. The van der Waals surface area contributed by atoms with Crippen molar-refractivity contribution < 1.29 is 28.2 Å². The molecule has 0 aliphatic rings. The number of hydrogen-bond acceptors (Lipinski definition) is 5. The SMILES string of the molecule is CC(C)Cc1cc(-c2ccc(CCCN(C[C@@H](O)c3ccccc3)C(=O)O)cc2)ccc1C(=O)NS(C)(=O)=O. The Morgan fingerprint density at radius 1 is 0.949 bits per heavy atom. The Kier molecular flexibility index (Phi) is 10.3. The van der Waals surface area contributed by atoms with Gasteiger partial charge in [0, 0.05) is 12.1 Å². The monoisotopic (exact) mass is 552 g/mol. The number of carbonyl (C=O) groups is 2. The molecule has 0 spiro atoms. The van der Waals surface area contributed by atoms with Crippen molar-refractivity contribution in [2.75, 3.05) is 19.3 Å². The van der Waals surface area contributed by atoms with Crippen molar-refractivity contribution in [2.24, 2.45) is 5.92 Å². The first-order valence-corrected chi connectivity index (χ1v) is 14.8. The van der Waals surface area contributed by atoms with E-state index < -0.39 is 28.1 Å². The molecule has 0 fully saturated rings. The van der Waals surface area contributed by atoms with E-state index in [-0.39, 0.29) is 12.5 Å². The highest BCUT2D eigenvalue weighted by Crippen LogP contribution is 2.25. The number of amides is 2. The molecule has 9 heteroatoms. The first kappa shape index (κ1) is 29.9. The van der Waals surface area contributed by atoms with Gasteiger partial charge in [-0.15, -0.1) is 0 Å². The second-order valence-electron chi connectivity index (χ2n) is 10.1. The average Bonchev–Trinajstić information content (AvgIpc) is 2.87. The number of aliphatic hydroxyl groups excluding tert-OH is 1. The standard InChI is InChI=1S/C30H36N2O6S/c1-21(2)18-26-19-25(15-16-27(26)29(34)31-39(3,37)38)23-13-11-22(12-14-23)8-7-17-32(30(35)36)20-28(33)24-9-5-4-6-10-24/h4-6,9-16,19,21,28,33H,7-8,17-18,20H2,1-3H3,(H,31,34)(H,35,36)/t28-/m1/s1. The number of aryl methyl sites for hydroxylation is 1. The maximum atomic E-state index is 12.5. The van der Waals surface area contributed by atoms with E-state index in [1.54, 1.807) is 24.3 Å². The van der Waals surface area contributed by atoms with E-state index in [0.29, 0.717) is 36.9 Å². The fourth-order valence-electron chi connectivity index (χ4n) is 4.42. The molecule has 0 aliphatic carbocycles. The number of rotatable bonds is 12. The zero-order chi connectivity index (χ0) is 28.6. The van der Waals surface area contributed by atoms with Crippen molar-refractivity contribution in [3.05, 3.63) is 95.1 Å². The van der Waals surface area contributed by atoms with Crippen LogP contribution in [-0.4, -0.2) is 54.9 Å². The summed E-state index contributed by atoms with van der Waals surface area (Å²) >= 11 is 0. The molecule has 0 aromatic heterocycles. The third kappa shape index (κ3) is 9.23. The van der Waals surface area contributed by atoms with E-state index in [2.05, 4.69) is 0 Å². The lowest BCUT2D eigenvalue weighted by Gasteiger charge is -2.22. The maximum absolute atomic E-state index is 12.5. The van der Waals surface area contributed by atoms with E-state index >= 15 is 0 Å². The smallest absolute Gasteiger partial charge is 0.407 e. The summed E-state index contributed by atoms with van der Waals surface area (Å²) in [4.78, 5) is 25.5. The number of nitrogens with one attached hydrogen (secondary N) is 1. The molecule has 3 aromatic carbocycles. The Labute approximate surface area is 230 Å². The highest BCUT2D eigenvalue weighted by Gasteiger charge is 2.18. The number of carboxylic acid groups (broad SMARTS) is 1. The molecule has 8 nitrogen and oxygen atoms in total. The Hall–Kier alpha value is -3.69. The summed E-state index contributed by atoms with van der Waals surface area (Å²) in [6.45, 7) is 4.38. The molecule has 3 rings (SSSR count). The number of aliphatic hydroxyl groups is 1. The van der Waals surface area contributed by atoms with Gasteiger partial charge in [-0.25, -0.2) is 17.9 Å². The van der Waals surface area contributed by atoms with E-state index in [1.807, 2.05) is 67.1 Å². The Morgan fingerprint density at radius 3 is 2.18 bits per heavy atom. The number of sulfonamides is 1. The van der Waals surface area contributed by atoms with Crippen molar-refractivity contribution in [1.82, 2.24) is 9.62 Å². The number of carbonyl (C=O) groups excluding carboxylic acids is 1. The summed E-state index contributed by atoms with van der Waals surface area (Å²) in [5.74, 6) is -0.367.